The Kier molecular flexibility index (Phi) is 8.87. The molecular weight excluding hydrogens is 638 g/mol. The molecule has 5 rings (SSSR count). The van der Waals surface area contributed by atoms with Gasteiger partial charge in [0.15, 0.2) is 5.78 Å². The van der Waals surface area contributed by atoms with Crippen LogP contribution < -0.4 is 15.2 Å². The first-order chi connectivity index (χ1) is 19.4. The fourth-order valence-corrected chi connectivity index (χ4v) is 7.66. The minimum absolute atomic E-state index is 0.0842. The van der Waals surface area contributed by atoms with Gasteiger partial charge in [0, 0.05) is 27.0 Å². The third-order valence-electron chi connectivity index (χ3n) is 8.07. The second-order valence-electron chi connectivity index (χ2n) is 10.8. The lowest BCUT2D eigenvalue weighted by Gasteiger charge is -2.36. The number of Topliss-reactive ketones (excluding diaryl/α,β-unsaturated/α-hetero) is 1. The molecule has 3 N–H and O–H groups in total. The van der Waals surface area contributed by atoms with Gasteiger partial charge in [-0.05, 0) is 91.6 Å². The van der Waals surface area contributed by atoms with E-state index >= 15 is 8.78 Å². The first kappa shape index (κ1) is 30.1. The summed E-state index contributed by atoms with van der Waals surface area (Å²) in [7, 11) is -4.51. The molecule has 0 aliphatic heterocycles. The Balaban J connectivity index is 1.39. The highest BCUT2D eigenvalue weighted by atomic mass is 79.9. The van der Waals surface area contributed by atoms with Crippen molar-refractivity contribution in [3.05, 3.63) is 93.4 Å². The molecule has 6 nitrogen and oxygen atoms in total. The number of alkyl halides is 2. The number of fused-ring (bicyclic) bond motifs is 2. The number of rotatable bonds is 10. The smallest absolute Gasteiger partial charge is 0.296 e. The number of nitrogens with two attached hydrogens (primary N) is 1. The van der Waals surface area contributed by atoms with Crippen LogP contribution in [0.3, 0.4) is 0 Å². The standard InChI is InChI=1S/C30H30BrClF2N2O4S/c31-22-7-5-21(6-8-22)30(33,34)29(28(37)27-19-3-4-20(27)16-24(35)15-19)36-41(38,39)26-13-11-25(12-14-26)40-17-18-1-9-23(32)10-2-18/h1-2,5-14,19-20,24,27,29,36H,3-4,15-17,35H2/t19?,20?,24?,27?,29-/m1/s1. The predicted molar refractivity (Wildman–Crippen MR) is 156 cm³/mol. The molecule has 2 bridgehead atoms. The molecule has 3 atom stereocenters. The molecule has 11 heteroatoms. The zero-order valence-electron chi connectivity index (χ0n) is 22.0. The molecule has 2 unspecified atom stereocenters. The van der Waals surface area contributed by atoms with Crippen LogP contribution in [0.4, 0.5) is 8.78 Å². The number of hydrogen-bond donors (Lipinski definition) is 2. The summed E-state index contributed by atoms with van der Waals surface area (Å²) >= 11 is 9.13. The zero-order chi connectivity index (χ0) is 29.4. The summed E-state index contributed by atoms with van der Waals surface area (Å²) in [5, 5.41) is 0.595. The average Bonchev–Trinajstić information content (AvgIpc) is 3.22. The average molecular weight is 668 g/mol. The number of ether oxygens (including phenoxy) is 1. The van der Waals surface area contributed by atoms with Crippen LogP contribution in [0, 0.1) is 17.8 Å². The monoisotopic (exact) mass is 666 g/mol. The molecular formula is C30H30BrClF2N2O4S. The van der Waals surface area contributed by atoms with E-state index < -0.39 is 39.3 Å². The van der Waals surface area contributed by atoms with Crippen molar-refractivity contribution in [1.29, 1.82) is 0 Å². The Morgan fingerprint density at radius 2 is 1.59 bits per heavy atom. The van der Waals surface area contributed by atoms with Crippen molar-refractivity contribution < 1.29 is 26.7 Å². The molecule has 3 aromatic rings. The van der Waals surface area contributed by atoms with Gasteiger partial charge in [-0.25, -0.2) is 8.42 Å². The fourth-order valence-electron chi connectivity index (χ4n) is 6.07. The number of ketones is 1. The van der Waals surface area contributed by atoms with Gasteiger partial charge in [-0.3, -0.25) is 4.79 Å². The van der Waals surface area contributed by atoms with Gasteiger partial charge in [0.2, 0.25) is 10.0 Å². The van der Waals surface area contributed by atoms with Crippen LogP contribution in [-0.2, 0) is 27.3 Å². The van der Waals surface area contributed by atoms with E-state index in [0.29, 0.717) is 28.1 Å². The summed E-state index contributed by atoms with van der Waals surface area (Å²) in [4.78, 5) is 13.6. The summed E-state index contributed by atoms with van der Waals surface area (Å²) in [6, 6.07) is 15.4. The summed E-state index contributed by atoms with van der Waals surface area (Å²) in [5.41, 5.74) is 6.56. The van der Waals surface area contributed by atoms with Crippen molar-refractivity contribution in [2.45, 2.75) is 55.2 Å². The lowest BCUT2D eigenvalue weighted by Crippen LogP contribution is -2.55. The summed E-state index contributed by atoms with van der Waals surface area (Å²) in [6.07, 6.45) is 2.56. The zero-order valence-corrected chi connectivity index (χ0v) is 25.1. The minimum Gasteiger partial charge on any atom is -0.489 e. The quantitative estimate of drug-likeness (QED) is 0.259. The van der Waals surface area contributed by atoms with Crippen LogP contribution in [0.2, 0.25) is 5.02 Å². The number of sulfonamides is 1. The molecule has 0 saturated heterocycles. The molecule has 2 fully saturated rings. The summed E-state index contributed by atoms with van der Waals surface area (Å²) < 4.78 is 67.4. The maximum absolute atomic E-state index is 16.1. The van der Waals surface area contributed by atoms with E-state index in [1.165, 1.54) is 48.5 Å². The predicted octanol–water partition coefficient (Wildman–Crippen LogP) is 6.45. The second kappa shape index (κ2) is 12.1. The second-order valence-corrected chi connectivity index (χ2v) is 13.9. The molecule has 0 heterocycles. The van der Waals surface area contributed by atoms with Gasteiger partial charge in [0.25, 0.3) is 5.92 Å². The van der Waals surface area contributed by atoms with Crippen molar-refractivity contribution in [2.75, 3.05) is 0 Å². The van der Waals surface area contributed by atoms with E-state index in [2.05, 4.69) is 20.7 Å². The first-order valence-electron chi connectivity index (χ1n) is 13.4. The van der Waals surface area contributed by atoms with E-state index in [1.807, 2.05) is 0 Å². The van der Waals surface area contributed by atoms with Crippen molar-refractivity contribution in [2.24, 2.45) is 23.5 Å². The molecule has 0 spiro atoms. The minimum atomic E-state index is -4.51. The molecule has 2 aliphatic carbocycles. The number of carbonyl (C=O) groups excluding carboxylic acids is 1. The van der Waals surface area contributed by atoms with Gasteiger partial charge in [0.05, 0.1) is 4.90 Å². The van der Waals surface area contributed by atoms with Crippen LogP contribution >= 0.6 is 27.5 Å². The third kappa shape index (κ3) is 6.67. The molecule has 41 heavy (non-hydrogen) atoms. The molecule has 0 amide bonds. The summed E-state index contributed by atoms with van der Waals surface area (Å²) in [6.45, 7) is 0.227. The van der Waals surface area contributed by atoms with Gasteiger partial charge in [-0.2, -0.15) is 13.5 Å². The van der Waals surface area contributed by atoms with Crippen molar-refractivity contribution >= 4 is 43.3 Å². The van der Waals surface area contributed by atoms with Gasteiger partial charge in [-0.15, -0.1) is 0 Å². The molecule has 0 aromatic heterocycles. The topological polar surface area (TPSA) is 98.5 Å². The number of nitrogens with one attached hydrogen (secondary N) is 1. The van der Waals surface area contributed by atoms with Crippen LogP contribution in [0.25, 0.3) is 0 Å². The van der Waals surface area contributed by atoms with Gasteiger partial charge in [0.1, 0.15) is 18.4 Å². The van der Waals surface area contributed by atoms with Crippen LogP contribution in [0.15, 0.2) is 82.2 Å². The Bertz CT molecular complexity index is 1470. The summed E-state index contributed by atoms with van der Waals surface area (Å²) in [5.74, 6) is -5.15. The van der Waals surface area contributed by atoms with E-state index in [-0.39, 0.29) is 29.4 Å². The van der Waals surface area contributed by atoms with E-state index in [1.54, 1.807) is 24.3 Å². The third-order valence-corrected chi connectivity index (χ3v) is 10.3. The lowest BCUT2D eigenvalue weighted by atomic mass is 9.72. The van der Waals surface area contributed by atoms with Gasteiger partial charge in [-0.1, -0.05) is 51.8 Å². The number of benzene rings is 3. The van der Waals surface area contributed by atoms with Gasteiger partial charge < -0.3 is 10.5 Å². The Morgan fingerprint density at radius 1 is 1.00 bits per heavy atom. The molecule has 0 radical (unpaired) electrons. The van der Waals surface area contributed by atoms with E-state index in [9.17, 15) is 13.2 Å². The highest BCUT2D eigenvalue weighted by Crippen LogP contribution is 2.49. The van der Waals surface area contributed by atoms with E-state index in [0.717, 1.165) is 18.4 Å². The van der Waals surface area contributed by atoms with Crippen molar-refractivity contribution in [3.63, 3.8) is 0 Å². The SMILES string of the molecule is NC1CC2CCC(C1)C2C(=O)[C@@H](NS(=O)(=O)c1ccc(OCc2ccc(Cl)cc2)cc1)C(F)(F)c1ccc(Br)cc1. The maximum atomic E-state index is 16.1. The van der Waals surface area contributed by atoms with Crippen LogP contribution in [0.1, 0.15) is 36.8 Å². The Labute approximate surface area is 251 Å². The lowest BCUT2D eigenvalue weighted by molar-refractivity contribution is -0.139. The van der Waals surface area contributed by atoms with E-state index in [4.69, 9.17) is 22.1 Å². The molecule has 3 aromatic carbocycles. The number of halogens is 4. The van der Waals surface area contributed by atoms with Crippen LogP contribution in [-0.4, -0.2) is 26.3 Å². The Hall–Kier alpha value is -2.37. The van der Waals surface area contributed by atoms with Crippen LogP contribution in [0.5, 0.6) is 5.75 Å². The highest BCUT2D eigenvalue weighted by molar-refractivity contribution is 9.10. The fraction of sp³-hybridized carbons (Fsp3) is 0.367. The first-order valence-corrected chi connectivity index (χ1v) is 16.0. The van der Waals surface area contributed by atoms with Gasteiger partial charge >= 0.3 is 0 Å². The molecule has 2 saturated carbocycles. The Morgan fingerprint density at radius 3 is 2.17 bits per heavy atom. The van der Waals surface area contributed by atoms with Crippen molar-refractivity contribution in [3.8, 4) is 5.75 Å². The molecule has 2 aliphatic rings. The van der Waals surface area contributed by atoms with Crippen molar-refractivity contribution in [1.82, 2.24) is 4.72 Å². The maximum Gasteiger partial charge on any atom is 0.296 e. The normalized spacial score (nSPS) is 23.2. The largest absolute Gasteiger partial charge is 0.489 e. The number of carbonyl (C=O) groups is 1. The highest BCUT2D eigenvalue weighted by Gasteiger charge is 2.54. The number of hydrogen-bond acceptors (Lipinski definition) is 5. The molecule has 218 valence electrons.